The monoisotopic (exact) mass is 350 g/mol. The molecule has 10 heteroatoms. The Labute approximate surface area is 134 Å². The Hall–Kier alpha value is -1.32. The van der Waals surface area contributed by atoms with Gasteiger partial charge in [0.05, 0.1) is 12.3 Å². The summed E-state index contributed by atoms with van der Waals surface area (Å²) in [5.41, 5.74) is 0.361. The fourth-order valence-electron chi connectivity index (χ4n) is 2.36. The summed E-state index contributed by atoms with van der Waals surface area (Å²) in [6, 6.07) is 0. The average molecular weight is 351 g/mol. The van der Waals surface area contributed by atoms with Crippen molar-refractivity contribution in [3.8, 4) is 0 Å². The largest absolute Gasteiger partial charge is 0.450 e. The van der Waals surface area contributed by atoms with Crippen LogP contribution in [0, 0.1) is 6.92 Å². The molecule has 1 aromatic rings. The van der Waals surface area contributed by atoms with Crippen molar-refractivity contribution in [1.82, 2.24) is 19.0 Å². The second kappa shape index (κ2) is 6.43. The van der Waals surface area contributed by atoms with Crippen LogP contribution in [0.4, 0.5) is 4.79 Å². The third-order valence-corrected chi connectivity index (χ3v) is 6.06. The number of sulfonamides is 1. The Morgan fingerprint density at radius 1 is 1.32 bits per heavy atom. The van der Waals surface area contributed by atoms with Gasteiger partial charge >= 0.3 is 6.09 Å². The number of amides is 1. The molecule has 1 saturated heterocycles. The van der Waals surface area contributed by atoms with Crippen molar-refractivity contribution in [2.24, 2.45) is 7.05 Å². The van der Waals surface area contributed by atoms with Gasteiger partial charge in [0.2, 0.25) is 10.0 Å². The van der Waals surface area contributed by atoms with Crippen molar-refractivity contribution in [3.05, 3.63) is 10.8 Å². The molecule has 8 nitrogen and oxygen atoms in total. The van der Waals surface area contributed by atoms with Crippen LogP contribution in [0.1, 0.15) is 12.6 Å². The van der Waals surface area contributed by atoms with Gasteiger partial charge in [0.25, 0.3) is 0 Å². The lowest BCUT2D eigenvalue weighted by Gasteiger charge is -2.33. The van der Waals surface area contributed by atoms with E-state index >= 15 is 0 Å². The van der Waals surface area contributed by atoms with Crippen molar-refractivity contribution in [2.75, 3.05) is 32.8 Å². The summed E-state index contributed by atoms with van der Waals surface area (Å²) in [7, 11) is -2.13. The Morgan fingerprint density at radius 2 is 1.91 bits per heavy atom. The highest BCUT2D eigenvalue weighted by molar-refractivity contribution is 7.89. The predicted molar refractivity (Wildman–Crippen MR) is 80.3 cm³/mol. The zero-order valence-electron chi connectivity index (χ0n) is 12.7. The highest BCUT2D eigenvalue weighted by Crippen LogP contribution is 2.27. The average Bonchev–Trinajstić information content (AvgIpc) is 2.73. The summed E-state index contributed by atoms with van der Waals surface area (Å²) in [6.45, 7) is 4.60. The number of carbonyl (C=O) groups excluding carboxylic acids is 1. The maximum absolute atomic E-state index is 12.7. The molecule has 0 atom stereocenters. The van der Waals surface area contributed by atoms with Crippen molar-refractivity contribution in [2.45, 2.75) is 18.7 Å². The van der Waals surface area contributed by atoms with Crippen molar-refractivity contribution < 1.29 is 17.9 Å². The van der Waals surface area contributed by atoms with Crippen molar-refractivity contribution in [3.63, 3.8) is 0 Å². The van der Waals surface area contributed by atoms with E-state index < -0.39 is 16.1 Å². The van der Waals surface area contributed by atoms with Gasteiger partial charge in [-0.25, -0.2) is 13.2 Å². The second-order valence-corrected chi connectivity index (χ2v) is 7.15. The van der Waals surface area contributed by atoms with Crippen molar-refractivity contribution in [1.29, 1.82) is 0 Å². The van der Waals surface area contributed by atoms with Crippen LogP contribution in [0.3, 0.4) is 0 Å². The SMILES string of the molecule is CCOC(=O)N1CCN(S(=O)(=O)c2c(C)nn(C)c2Cl)CC1. The summed E-state index contributed by atoms with van der Waals surface area (Å²) < 4.78 is 33.0. The first kappa shape index (κ1) is 17.0. The van der Waals surface area contributed by atoms with E-state index in [4.69, 9.17) is 16.3 Å². The van der Waals surface area contributed by atoms with Crippen LogP contribution in [-0.4, -0.2) is 66.3 Å². The highest BCUT2D eigenvalue weighted by Gasteiger charge is 2.34. The number of ether oxygens (including phenoxy) is 1. The van der Waals surface area contributed by atoms with E-state index in [2.05, 4.69) is 5.10 Å². The Kier molecular flexibility index (Phi) is 4.98. The van der Waals surface area contributed by atoms with Gasteiger partial charge in [-0.3, -0.25) is 4.68 Å². The molecule has 1 aliphatic rings. The van der Waals surface area contributed by atoms with E-state index in [0.29, 0.717) is 12.3 Å². The molecule has 2 heterocycles. The molecule has 0 N–H and O–H groups in total. The molecular weight excluding hydrogens is 332 g/mol. The molecule has 1 fully saturated rings. The van der Waals surface area contributed by atoms with Gasteiger partial charge in [-0.1, -0.05) is 11.6 Å². The molecule has 0 saturated carbocycles. The number of aryl methyl sites for hydroxylation is 2. The van der Waals surface area contributed by atoms with Gasteiger partial charge < -0.3 is 9.64 Å². The minimum atomic E-state index is -3.72. The van der Waals surface area contributed by atoms with Crippen LogP contribution in [-0.2, 0) is 21.8 Å². The highest BCUT2D eigenvalue weighted by atomic mass is 35.5. The molecule has 1 aromatic heterocycles. The third-order valence-electron chi connectivity index (χ3n) is 3.46. The van der Waals surface area contributed by atoms with E-state index in [9.17, 15) is 13.2 Å². The van der Waals surface area contributed by atoms with Crippen LogP contribution in [0.15, 0.2) is 4.90 Å². The number of hydrogen-bond donors (Lipinski definition) is 0. The lowest BCUT2D eigenvalue weighted by molar-refractivity contribution is 0.0934. The maximum Gasteiger partial charge on any atom is 0.409 e. The summed E-state index contributed by atoms with van der Waals surface area (Å²) >= 11 is 6.05. The smallest absolute Gasteiger partial charge is 0.409 e. The molecule has 0 aromatic carbocycles. The fourth-order valence-corrected chi connectivity index (χ4v) is 4.49. The van der Waals surface area contributed by atoms with Crippen LogP contribution in [0.25, 0.3) is 0 Å². The Morgan fingerprint density at radius 3 is 2.36 bits per heavy atom. The Bertz CT molecular complexity index is 665. The third kappa shape index (κ3) is 3.06. The van der Waals surface area contributed by atoms with Crippen LogP contribution >= 0.6 is 11.6 Å². The van der Waals surface area contributed by atoms with Gasteiger partial charge in [-0.2, -0.15) is 9.40 Å². The first-order valence-electron chi connectivity index (χ1n) is 6.90. The normalized spacial score (nSPS) is 16.8. The number of piperazine rings is 1. The summed E-state index contributed by atoms with van der Waals surface area (Å²) in [5, 5.41) is 4.12. The predicted octanol–water partition coefficient (Wildman–Crippen LogP) is 0.845. The molecule has 1 aliphatic heterocycles. The molecule has 0 unspecified atom stereocenters. The number of rotatable bonds is 3. The van der Waals surface area contributed by atoms with E-state index in [-0.39, 0.29) is 36.2 Å². The van der Waals surface area contributed by atoms with E-state index in [1.54, 1.807) is 20.9 Å². The quantitative estimate of drug-likeness (QED) is 0.806. The number of hydrogen-bond acceptors (Lipinski definition) is 5. The van der Waals surface area contributed by atoms with Gasteiger partial charge in [0, 0.05) is 33.2 Å². The zero-order valence-corrected chi connectivity index (χ0v) is 14.3. The molecule has 124 valence electrons. The number of carbonyl (C=O) groups is 1. The molecule has 0 aliphatic carbocycles. The van der Waals surface area contributed by atoms with E-state index in [1.807, 2.05) is 0 Å². The second-order valence-electron chi connectivity index (χ2n) is 4.92. The lowest BCUT2D eigenvalue weighted by Crippen LogP contribution is -2.50. The molecular formula is C12H19ClN4O4S. The molecule has 1 amide bonds. The van der Waals surface area contributed by atoms with Crippen LogP contribution in [0.2, 0.25) is 5.15 Å². The maximum atomic E-state index is 12.7. The molecule has 0 bridgehead atoms. The topological polar surface area (TPSA) is 84.7 Å². The van der Waals surface area contributed by atoms with Gasteiger partial charge in [0.1, 0.15) is 10.0 Å². The minimum absolute atomic E-state index is 0.0289. The standard InChI is InChI=1S/C12H19ClN4O4S/c1-4-21-12(18)16-5-7-17(8-6-16)22(19,20)10-9(2)14-15(3)11(10)13/h4-8H2,1-3H3. The molecule has 22 heavy (non-hydrogen) atoms. The Balaban J connectivity index is 2.15. The van der Waals surface area contributed by atoms with Crippen molar-refractivity contribution >= 4 is 27.7 Å². The van der Waals surface area contributed by atoms with Crippen LogP contribution in [0.5, 0.6) is 0 Å². The summed E-state index contributed by atoms with van der Waals surface area (Å²) in [5.74, 6) is 0. The minimum Gasteiger partial charge on any atom is -0.450 e. The van der Waals surface area contributed by atoms with Crippen LogP contribution < -0.4 is 0 Å². The number of aromatic nitrogens is 2. The summed E-state index contributed by atoms with van der Waals surface area (Å²) in [4.78, 5) is 13.2. The number of nitrogens with zero attached hydrogens (tertiary/aromatic N) is 4. The molecule has 0 spiro atoms. The first-order valence-corrected chi connectivity index (χ1v) is 8.71. The van der Waals surface area contributed by atoms with E-state index in [1.165, 1.54) is 13.9 Å². The van der Waals surface area contributed by atoms with Gasteiger partial charge in [-0.15, -0.1) is 0 Å². The van der Waals surface area contributed by atoms with Gasteiger partial charge in [0.15, 0.2) is 0 Å². The van der Waals surface area contributed by atoms with E-state index in [0.717, 1.165) is 0 Å². The fraction of sp³-hybridized carbons (Fsp3) is 0.667. The number of halogens is 1. The molecule has 2 rings (SSSR count). The van der Waals surface area contributed by atoms with Gasteiger partial charge in [-0.05, 0) is 13.8 Å². The molecule has 0 radical (unpaired) electrons. The summed E-state index contributed by atoms with van der Waals surface area (Å²) in [6.07, 6.45) is -0.421. The lowest BCUT2D eigenvalue weighted by atomic mass is 10.4. The first-order chi connectivity index (χ1) is 10.3. The zero-order chi connectivity index (χ0) is 16.5.